The zero-order chi connectivity index (χ0) is 16.9. The van der Waals surface area contributed by atoms with Crippen molar-refractivity contribution in [2.75, 3.05) is 0 Å². The summed E-state index contributed by atoms with van der Waals surface area (Å²) in [5, 5.41) is 19.4. The Morgan fingerprint density at radius 1 is 0.636 bits per heavy atom. The van der Waals surface area contributed by atoms with Crippen molar-refractivity contribution in [1.82, 2.24) is 0 Å². The monoisotopic (exact) mass is 312 g/mol. The van der Waals surface area contributed by atoms with Crippen molar-refractivity contribution in [1.29, 1.82) is 0 Å². The topological polar surface area (TPSA) is 40.5 Å². The van der Waals surface area contributed by atoms with E-state index < -0.39 is 0 Å². The van der Waals surface area contributed by atoms with Crippen LogP contribution in [-0.2, 0) is 0 Å². The van der Waals surface area contributed by atoms with Crippen molar-refractivity contribution < 1.29 is 10.2 Å². The van der Waals surface area contributed by atoms with E-state index in [2.05, 4.69) is 41.5 Å². The van der Waals surface area contributed by atoms with Gasteiger partial charge >= 0.3 is 0 Å². The molecule has 0 aromatic heterocycles. The van der Waals surface area contributed by atoms with Crippen LogP contribution >= 0.6 is 0 Å². The van der Waals surface area contributed by atoms with Gasteiger partial charge in [0, 0.05) is 0 Å². The van der Waals surface area contributed by atoms with E-state index in [0.717, 1.165) is 24.7 Å². The highest BCUT2D eigenvalue weighted by molar-refractivity contribution is 4.80. The molecule has 0 saturated heterocycles. The molecule has 0 spiro atoms. The third-order valence-corrected chi connectivity index (χ3v) is 5.97. The highest BCUT2D eigenvalue weighted by atomic mass is 16.3. The van der Waals surface area contributed by atoms with Gasteiger partial charge in [0.05, 0.1) is 12.2 Å². The quantitative estimate of drug-likeness (QED) is 0.763. The third-order valence-electron chi connectivity index (χ3n) is 5.97. The van der Waals surface area contributed by atoms with E-state index in [-0.39, 0.29) is 12.2 Å². The summed E-state index contributed by atoms with van der Waals surface area (Å²) < 4.78 is 0. The maximum Gasteiger partial charge on any atom is 0.0573 e. The van der Waals surface area contributed by atoms with Gasteiger partial charge in [-0.25, -0.2) is 0 Å². The number of aliphatic hydroxyl groups excluding tert-OH is 2. The van der Waals surface area contributed by atoms with Crippen LogP contribution < -0.4 is 0 Å². The average molecular weight is 313 g/mol. The van der Waals surface area contributed by atoms with Crippen LogP contribution in [0.3, 0.4) is 0 Å². The summed E-state index contributed by atoms with van der Waals surface area (Å²) in [4.78, 5) is 0. The van der Waals surface area contributed by atoms with Crippen molar-refractivity contribution in [2.45, 2.75) is 92.3 Å². The van der Waals surface area contributed by atoms with Crippen molar-refractivity contribution in [3.8, 4) is 0 Å². The molecule has 0 aliphatic heterocycles. The van der Waals surface area contributed by atoms with Gasteiger partial charge in [0.1, 0.15) is 0 Å². The first-order valence-corrected chi connectivity index (χ1v) is 9.58. The second-order valence-electron chi connectivity index (χ2n) is 8.79. The first kappa shape index (κ1) is 20.0. The van der Waals surface area contributed by atoms with E-state index in [0.29, 0.717) is 23.7 Å². The molecule has 0 amide bonds. The van der Waals surface area contributed by atoms with Crippen LogP contribution in [0.5, 0.6) is 0 Å². The molecular weight excluding hydrogens is 272 g/mol. The minimum Gasteiger partial charge on any atom is -0.393 e. The van der Waals surface area contributed by atoms with Crippen molar-refractivity contribution in [3.05, 3.63) is 0 Å². The molecule has 2 aliphatic rings. The van der Waals surface area contributed by atoms with Crippen LogP contribution in [0.4, 0.5) is 0 Å². The lowest BCUT2D eigenvalue weighted by Gasteiger charge is -2.33. The molecule has 2 fully saturated rings. The van der Waals surface area contributed by atoms with Gasteiger partial charge in [0.2, 0.25) is 0 Å². The maximum atomic E-state index is 9.71. The van der Waals surface area contributed by atoms with E-state index in [1.807, 2.05) is 0 Å². The van der Waals surface area contributed by atoms with E-state index >= 15 is 0 Å². The predicted octanol–water partition coefficient (Wildman–Crippen LogP) is 4.88. The van der Waals surface area contributed by atoms with Gasteiger partial charge in [-0.3, -0.25) is 0 Å². The largest absolute Gasteiger partial charge is 0.393 e. The number of hydrogen-bond acceptors (Lipinski definition) is 2. The van der Waals surface area contributed by atoms with Crippen molar-refractivity contribution in [3.63, 3.8) is 0 Å². The number of hydrogen-bond donors (Lipinski definition) is 2. The van der Waals surface area contributed by atoms with Gasteiger partial charge in [-0.2, -0.15) is 0 Å². The predicted molar refractivity (Wildman–Crippen MR) is 94.7 cm³/mol. The zero-order valence-corrected chi connectivity index (χ0v) is 15.8. The summed E-state index contributed by atoms with van der Waals surface area (Å²) in [7, 11) is 0. The zero-order valence-electron chi connectivity index (χ0n) is 15.8. The lowest BCUT2D eigenvalue weighted by molar-refractivity contribution is 0.0263. The Balaban J connectivity index is 0.000000220. The standard InChI is InChI=1S/2C10H20O/c2*1-7(2)9-5-4-8(3)6-10(9)11/h2*7-11H,4-6H2,1-3H3/t8-,9+,10-;/m0./s1. The van der Waals surface area contributed by atoms with Crippen molar-refractivity contribution in [2.24, 2.45) is 35.5 Å². The summed E-state index contributed by atoms with van der Waals surface area (Å²) in [5.74, 6) is 3.90. The minimum absolute atomic E-state index is 0.0289. The summed E-state index contributed by atoms with van der Waals surface area (Å²) in [6.07, 6.45) is 7.03. The maximum absolute atomic E-state index is 9.71. The molecule has 132 valence electrons. The third kappa shape index (κ3) is 6.20. The minimum atomic E-state index is -0.0289. The summed E-state index contributed by atoms with van der Waals surface area (Å²) >= 11 is 0. The van der Waals surface area contributed by atoms with Gasteiger partial charge < -0.3 is 10.2 Å². The molecule has 0 aromatic carbocycles. The van der Waals surface area contributed by atoms with Gasteiger partial charge in [0.15, 0.2) is 0 Å². The van der Waals surface area contributed by atoms with E-state index in [4.69, 9.17) is 0 Å². The molecule has 0 aromatic rings. The second kappa shape index (κ2) is 9.27. The molecule has 0 radical (unpaired) electrons. The fourth-order valence-electron chi connectivity index (χ4n) is 4.30. The molecule has 2 aliphatic carbocycles. The Kier molecular flexibility index (Phi) is 8.42. The molecule has 0 bridgehead atoms. The van der Waals surface area contributed by atoms with Crippen LogP contribution in [0, 0.1) is 35.5 Å². The van der Waals surface area contributed by atoms with Crippen LogP contribution in [0.25, 0.3) is 0 Å². The normalized spacial score (nSPS) is 39.5. The highest BCUT2D eigenvalue weighted by Gasteiger charge is 2.29. The Morgan fingerprint density at radius 2 is 0.955 bits per heavy atom. The molecule has 6 atom stereocenters. The van der Waals surface area contributed by atoms with Crippen molar-refractivity contribution >= 4 is 0 Å². The molecule has 0 heterocycles. The van der Waals surface area contributed by atoms with Gasteiger partial charge in [-0.1, -0.05) is 54.4 Å². The lowest BCUT2D eigenvalue weighted by Crippen LogP contribution is -2.31. The molecule has 2 nitrogen and oxygen atoms in total. The summed E-state index contributed by atoms with van der Waals surface area (Å²) in [6.45, 7) is 13.3. The first-order valence-electron chi connectivity index (χ1n) is 9.58. The number of rotatable bonds is 2. The highest BCUT2D eigenvalue weighted by Crippen LogP contribution is 2.33. The molecule has 3 unspecified atom stereocenters. The SMILES string of the molecule is CC(C)[C@H]1CC[C@H](C)C[C@@H]1O.CC1CCC(C(C)C)C(O)C1. The first-order chi connectivity index (χ1) is 10.2. The fourth-order valence-corrected chi connectivity index (χ4v) is 4.30. The van der Waals surface area contributed by atoms with E-state index in [1.165, 1.54) is 25.7 Å². The van der Waals surface area contributed by atoms with E-state index in [9.17, 15) is 10.2 Å². The average Bonchev–Trinajstić information content (AvgIpc) is 2.38. The van der Waals surface area contributed by atoms with Gasteiger partial charge in [-0.05, 0) is 61.2 Å². The van der Waals surface area contributed by atoms with Gasteiger partial charge in [-0.15, -0.1) is 0 Å². The Morgan fingerprint density at radius 3 is 1.18 bits per heavy atom. The molecule has 2 rings (SSSR count). The van der Waals surface area contributed by atoms with Crippen LogP contribution in [0.1, 0.15) is 80.1 Å². The summed E-state index contributed by atoms with van der Waals surface area (Å²) in [6, 6.07) is 0. The number of aliphatic hydroxyl groups is 2. The smallest absolute Gasteiger partial charge is 0.0573 e. The second-order valence-corrected chi connectivity index (χ2v) is 8.79. The Hall–Kier alpha value is -0.0800. The molecule has 2 heteroatoms. The fraction of sp³-hybridized carbons (Fsp3) is 1.00. The summed E-state index contributed by atoms with van der Waals surface area (Å²) in [5.41, 5.74) is 0. The van der Waals surface area contributed by atoms with Crippen LogP contribution in [-0.4, -0.2) is 22.4 Å². The molecule has 22 heavy (non-hydrogen) atoms. The van der Waals surface area contributed by atoms with Gasteiger partial charge in [0.25, 0.3) is 0 Å². The molecule has 2 saturated carbocycles. The lowest BCUT2D eigenvalue weighted by atomic mass is 9.75. The van der Waals surface area contributed by atoms with Crippen LogP contribution in [0.15, 0.2) is 0 Å². The molecule has 2 N–H and O–H groups in total. The Bertz CT molecular complexity index is 270. The van der Waals surface area contributed by atoms with Crippen LogP contribution in [0.2, 0.25) is 0 Å². The molecular formula is C20H40O2. The van der Waals surface area contributed by atoms with E-state index in [1.54, 1.807) is 0 Å². The Labute approximate surface area is 138 Å².